The summed E-state index contributed by atoms with van der Waals surface area (Å²) in [5.74, 6) is 2.09. The fraction of sp³-hybridized carbons (Fsp3) is 0.875. The van der Waals surface area contributed by atoms with Gasteiger partial charge in [0, 0.05) is 19.0 Å². The molecule has 4 nitrogen and oxygen atoms in total. The predicted octanol–water partition coefficient (Wildman–Crippen LogP) is 3.18. The van der Waals surface area contributed by atoms with Crippen LogP contribution in [0.25, 0.3) is 0 Å². The monoisotopic (exact) mass is 278 g/mol. The minimum Gasteiger partial charge on any atom is -0.314 e. The fourth-order valence-electron chi connectivity index (χ4n) is 3.41. The molecule has 4 heteroatoms. The van der Waals surface area contributed by atoms with Gasteiger partial charge in [-0.1, -0.05) is 39.0 Å². The van der Waals surface area contributed by atoms with Crippen LogP contribution in [-0.2, 0) is 13.0 Å². The smallest absolute Gasteiger partial charge is 0.138 e. The van der Waals surface area contributed by atoms with Crippen LogP contribution in [0.1, 0.15) is 64.6 Å². The summed E-state index contributed by atoms with van der Waals surface area (Å²) in [7, 11) is 0. The van der Waals surface area contributed by atoms with Crippen molar-refractivity contribution >= 4 is 0 Å². The van der Waals surface area contributed by atoms with E-state index in [-0.39, 0.29) is 0 Å². The molecule has 1 aromatic heterocycles. The fourth-order valence-corrected chi connectivity index (χ4v) is 3.41. The van der Waals surface area contributed by atoms with E-state index in [1.54, 1.807) is 6.33 Å². The van der Waals surface area contributed by atoms with Crippen LogP contribution >= 0.6 is 0 Å². The van der Waals surface area contributed by atoms with Gasteiger partial charge in [0.2, 0.25) is 0 Å². The molecule has 0 bridgehead atoms. The van der Waals surface area contributed by atoms with Crippen molar-refractivity contribution < 1.29 is 0 Å². The number of hydrogen-bond acceptors (Lipinski definition) is 3. The van der Waals surface area contributed by atoms with Crippen molar-refractivity contribution in [1.29, 1.82) is 0 Å². The standard InChI is InChI=1S/C16H30N4/c1-3-17-15(11-10-14-8-6-5-7-9-14)12-16-18-13-19-20(16)4-2/h13-15,17H,3-12H2,1-2H3. The van der Waals surface area contributed by atoms with Crippen LogP contribution in [0.3, 0.4) is 0 Å². The summed E-state index contributed by atoms with van der Waals surface area (Å²) in [4.78, 5) is 4.42. The number of likely N-dealkylation sites (N-methyl/N-ethyl adjacent to an activating group) is 1. The zero-order valence-electron chi connectivity index (χ0n) is 13.1. The second-order valence-electron chi connectivity index (χ2n) is 6.03. The summed E-state index contributed by atoms with van der Waals surface area (Å²) in [6.07, 6.45) is 12.6. The maximum atomic E-state index is 4.42. The van der Waals surface area contributed by atoms with Gasteiger partial charge >= 0.3 is 0 Å². The number of rotatable bonds is 8. The number of nitrogens with one attached hydrogen (secondary N) is 1. The van der Waals surface area contributed by atoms with Gasteiger partial charge in [-0.15, -0.1) is 0 Å². The second-order valence-corrected chi connectivity index (χ2v) is 6.03. The largest absolute Gasteiger partial charge is 0.314 e. The van der Waals surface area contributed by atoms with Crippen LogP contribution in [0, 0.1) is 5.92 Å². The van der Waals surface area contributed by atoms with Gasteiger partial charge in [-0.05, 0) is 32.2 Å². The van der Waals surface area contributed by atoms with E-state index in [0.29, 0.717) is 6.04 Å². The van der Waals surface area contributed by atoms with E-state index in [1.807, 2.05) is 4.68 Å². The third-order valence-electron chi connectivity index (χ3n) is 4.57. The van der Waals surface area contributed by atoms with E-state index in [2.05, 4.69) is 29.2 Å². The Morgan fingerprint density at radius 1 is 1.30 bits per heavy atom. The van der Waals surface area contributed by atoms with Crippen molar-refractivity contribution in [2.45, 2.75) is 77.8 Å². The third kappa shape index (κ3) is 4.58. The average Bonchev–Trinajstić information content (AvgIpc) is 2.93. The Labute approximate surface area is 123 Å². The van der Waals surface area contributed by atoms with Crippen molar-refractivity contribution in [3.8, 4) is 0 Å². The van der Waals surface area contributed by atoms with Gasteiger partial charge in [-0.25, -0.2) is 4.98 Å². The van der Waals surface area contributed by atoms with Crippen LogP contribution in [0.2, 0.25) is 0 Å². The number of nitrogens with zero attached hydrogens (tertiary/aromatic N) is 3. The van der Waals surface area contributed by atoms with Gasteiger partial charge in [0.05, 0.1) is 0 Å². The predicted molar refractivity (Wildman–Crippen MR) is 82.7 cm³/mol. The minimum absolute atomic E-state index is 0.552. The highest BCUT2D eigenvalue weighted by Gasteiger charge is 2.17. The molecular weight excluding hydrogens is 248 g/mol. The maximum Gasteiger partial charge on any atom is 0.138 e. The normalized spacial score (nSPS) is 18.3. The van der Waals surface area contributed by atoms with Gasteiger partial charge in [-0.3, -0.25) is 4.68 Å². The first-order valence-corrected chi connectivity index (χ1v) is 8.43. The summed E-state index contributed by atoms with van der Waals surface area (Å²) in [5.41, 5.74) is 0. The van der Waals surface area contributed by atoms with Crippen LogP contribution in [0.5, 0.6) is 0 Å². The molecular formula is C16H30N4. The summed E-state index contributed by atoms with van der Waals surface area (Å²) in [6, 6.07) is 0.552. The van der Waals surface area contributed by atoms with Crippen LogP contribution in [-0.4, -0.2) is 27.4 Å². The lowest BCUT2D eigenvalue weighted by Crippen LogP contribution is -2.32. The van der Waals surface area contributed by atoms with Crippen LogP contribution in [0.4, 0.5) is 0 Å². The molecule has 1 unspecified atom stereocenters. The zero-order chi connectivity index (χ0) is 14.2. The van der Waals surface area contributed by atoms with Crippen molar-refractivity contribution in [2.24, 2.45) is 5.92 Å². The van der Waals surface area contributed by atoms with Crippen molar-refractivity contribution in [2.75, 3.05) is 6.54 Å². The molecule has 1 aromatic rings. The third-order valence-corrected chi connectivity index (χ3v) is 4.57. The van der Waals surface area contributed by atoms with E-state index >= 15 is 0 Å². The summed E-state index contributed by atoms with van der Waals surface area (Å²) in [5, 5.41) is 7.91. The Balaban J connectivity index is 1.83. The summed E-state index contributed by atoms with van der Waals surface area (Å²) >= 11 is 0. The molecule has 0 spiro atoms. The Morgan fingerprint density at radius 2 is 2.10 bits per heavy atom. The van der Waals surface area contributed by atoms with Gasteiger partial charge in [0.25, 0.3) is 0 Å². The molecule has 0 aliphatic heterocycles. The molecule has 1 saturated carbocycles. The Kier molecular flexibility index (Phi) is 6.51. The van der Waals surface area contributed by atoms with E-state index in [4.69, 9.17) is 0 Å². The van der Waals surface area contributed by atoms with E-state index in [0.717, 1.165) is 31.3 Å². The van der Waals surface area contributed by atoms with Crippen molar-refractivity contribution in [1.82, 2.24) is 20.1 Å². The molecule has 1 aliphatic rings. The first kappa shape index (κ1) is 15.5. The highest BCUT2D eigenvalue weighted by molar-refractivity contribution is 4.90. The zero-order valence-corrected chi connectivity index (χ0v) is 13.1. The lowest BCUT2D eigenvalue weighted by Gasteiger charge is -2.24. The molecule has 1 atom stereocenters. The van der Waals surface area contributed by atoms with Crippen LogP contribution < -0.4 is 5.32 Å². The highest BCUT2D eigenvalue weighted by Crippen LogP contribution is 2.28. The number of aryl methyl sites for hydroxylation is 1. The Bertz CT molecular complexity index is 368. The molecule has 1 aliphatic carbocycles. The Hall–Kier alpha value is -0.900. The SMILES string of the molecule is CCNC(CCC1CCCCC1)Cc1ncnn1CC. The number of hydrogen-bond donors (Lipinski definition) is 1. The first-order chi connectivity index (χ1) is 9.83. The lowest BCUT2D eigenvalue weighted by atomic mass is 9.85. The first-order valence-electron chi connectivity index (χ1n) is 8.43. The lowest BCUT2D eigenvalue weighted by molar-refractivity contribution is 0.311. The molecule has 2 rings (SSSR count). The Morgan fingerprint density at radius 3 is 2.80 bits per heavy atom. The molecule has 20 heavy (non-hydrogen) atoms. The highest BCUT2D eigenvalue weighted by atomic mass is 15.3. The molecule has 0 aromatic carbocycles. The van der Waals surface area contributed by atoms with Gasteiger partial charge < -0.3 is 5.32 Å². The van der Waals surface area contributed by atoms with Crippen LogP contribution in [0.15, 0.2) is 6.33 Å². The van der Waals surface area contributed by atoms with Gasteiger partial charge in [-0.2, -0.15) is 5.10 Å². The van der Waals surface area contributed by atoms with E-state index in [1.165, 1.54) is 44.9 Å². The molecule has 0 saturated heterocycles. The van der Waals surface area contributed by atoms with E-state index in [9.17, 15) is 0 Å². The molecule has 0 amide bonds. The molecule has 0 radical (unpaired) electrons. The maximum absolute atomic E-state index is 4.42. The minimum atomic E-state index is 0.552. The van der Waals surface area contributed by atoms with Gasteiger partial charge in [0.15, 0.2) is 0 Å². The topological polar surface area (TPSA) is 42.7 Å². The number of aromatic nitrogens is 3. The van der Waals surface area contributed by atoms with Crippen molar-refractivity contribution in [3.63, 3.8) is 0 Å². The quantitative estimate of drug-likeness (QED) is 0.794. The average molecular weight is 278 g/mol. The van der Waals surface area contributed by atoms with E-state index < -0.39 is 0 Å². The summed E-state index contributed by atoms with van der Waals surface area (Å²) < 4.78 is 2.02. The molecule has 1 heterocycles. The van der Waals surface area contributed by atoms with Gasteiger partial charge in [0.1, 0.15) is 12.2 Å². The molecule has 114 valence electrons. The molecule has 1 fully saturated rings. The molecule has 1 N–H and O–H groups in total. The second kappa shape index (κ2) is 8.40. The summed E-state index contributed by atoms with van der Waals surface area (Å²) in [6.45, 7) is 6.27. The van der Waals surface area contributed by atoms with Crippen molar-refractivity contribution in [3.05, 3.63) is 12.2 Å².